The topological polar surface area (TPSA) is 70.2 Å². The number of piperidine rings is 1. The summed E-state index contributed by atoms with van der Waals surface area (Å²) in [5, 5.41) is 6.34. The van der Waals surface area contributed by atoms with Crippen LogP contribution in [0.15, 0.2) is 73.1 Å². The van der Waals surface area contributed by atoms with E-state index in [0.717, 1.165) is 38.2 Å². The van der Waals surface area contributed by atoms with Crippen LogP contribution in [-0.2, 0) is 6.54 Å². The highest BCUT2D eigenvalue weighted by atomic mass is 16.1. The minimum absolute atomic E-state index is 0.120. The predicted molar refractivity (Wildman–Crippen MR) is 114 cm³/mol. The van der Waals surface area contributed by atoms with E-state index in [1.807, 2.05) is 30.3 Å². The van der Waals surface area contributed by atoms with Crippen molar-refractivity contribution < 1.29 is 4.79 Å². The maximum absolute atomic E-state index is 12.7. The van der Waals surface area contributed by atoms with E-state index in [1.54, 1.807) is 18.5 Å². The second-order valence-corrected chi connectivity index (χ2v) is 7.28. The summed E-state index contributed by atoms with van der Waals surface area (Å²) in [5.74, 6) is 0.520. The number of carbonyl (C=O) groups is 1. The molecule has 1 saturated heterocycles. The molecule has 6 heteroatoms. The molecule has 6 nitrogen and oxygen atoms in total. The molecule has 148 valence electrons. The number of aromatic nitrogens is 2. The van der Waals surface area contributed by atoms with Crippen molar-refractivity contribution in [1.82, 2.24) is 20.2 Å². The number of carbonyl (C=O) groups excluding carboxylic acids is 1. The lowest BCUT2D eigenvalue weighted by Crippen LogP contribution is -2.44. The van der Waals surface area contributed by atoms with Gasteiger partial charge in [-0.1, -0.05) is 36.4 Å². The molecule has 1 fully saturated rings. The molecule has 4 rings (SSSR count). The van der Waals surface area contributed by atoms with Gasteiger partial charge in [-0.3, -0.25) is 14.7 Å². The van der Waals surface area contributed by atoms with Crippen molar-refractivity contribution >= 4 is 17.4 Å². The Morgan fingerprint density at radius 1 is 0.966 bits per heavy atom. The van der Waals surface area contributed by atoms with Crippen LogP contribution < -0.4 is 10.6 Å². The summed E-state index contributed by atoms with van der Waals surface area (Å²) in [6, 6.07) is 19.9. The third-order valence-electron chi connectivity index (χ3n) is 5.11. The molecule has 0 radical (unpaired) electrons. The number of hydrogen-bond acceptors (Lipinski definition) is 5. The Kier molecular flexibility index (Phi) is 6.12. The predicted octanol–water partition coefficient (Wildman–Crippen LogP) is 3.61. The maximum Gasteiger partial charge on any atom is 0.270 e. The van der Waals surface area contributed by atoms with Crippen LogP contribution in [0.1, 0.15) is 28.9 Å². The average molecular weight is 387 g/mol. The highest BCUT2D eigenvalue weighted by molar-refractivity contribution is 5.92. The van der Waals surface area contributed by atoms with Crippen molar-refractivity contribution in [3.05, 3.63) is 84.3 Å². The number of likely N-dealkylation sites (tertiary alicyclic amines) is 1. The number of hydrogen-bond donors (Lipinski definition) is 2. The summed E-state index contributed by atoms with van der Waals surface area (Å²) in [4.78, 5) is 23.6. The Labute approximate surface area is 171 Å². The van der Waals surface area contributed by atoms with Crippen molar-refractivity contribution in [3.8, 4) is 0 Å². The smallest absolute Gasteiger partial charge is 0.270 e. The van der Waals surface area contributed by atoms with Gasteiger partial charge in [0.15, 0.2) is 0 Å². The molecular weight excluding hydrogens is 362 g/mol. The minimum atomic E-state index is -0.120. The van der Waals surface area contributed by atoms with Gasteiger partial charge in [0.2, 0.25) is 0 Å². The lowest BCUT2D eigenvalue weighted by Gasteiger charge is -2.32. The van der Waals surface area contributed by atoms with E-state index in [0.29, 0.717) is 11.5 Å². The maximum atomic E-state index is 12.7. The van der Waals surface area contributed by atoms with Gasteiger partial charge in [-0.15, -0.1) is 0 Å². The Balaban J connectivity index is 1.29. The van der Waals surface area contributed by atoms with Gasteiger partial charge in [-0.05, 0) is 42.7 Å². The number of benzene rings is 1. The lowest BCUT2D eigenvalue weighted by atomic mass is 10.0. The molecule has 0 saturated carbocycles. The minimum Gasteiger partial charge on any atom is -0.348 e. The molecule has 0 unspecified atom stereocenters. The fourth-order valence-corrected chi connectivity index (χ4v) is 3.55. The summed E-state index contributed by atoms with van der Waals surface area (Å²) in [6.07, 6.45) is 5.33. The van der Waals surface area contributed by atoms with Gasteiger partial charge in [-0.2, -0.15) is 0 Å². The van der Waals surface area contributed by atoms with E-state index < -0.39 is 0 Å². The Bertz CT molecular complexity index is 924. The van der Waals surface area contributed by atoms with Gasteiger partial charge in [-0.25, -0.2) is 4.98 Å². The zero-order chi connectivity index (χ0) is 19.9. The van der Waals surface area contributed by atoms with E-state index in [9.17, 15) is 4.79 Å². The zero-order valence-corrected chi connectivity index (χ0v) is 16.3. The molecule has 0 bridgehead atoms. The van der Waals surface area contributed by atoms with Gasteiger partial charge >= 0.3 is 0 Å². The first-order valence-corrected chi connectivity index (χ1v) is 9.97. The Morgan fingerprint density at radius 3 is 2.48 bits per heavy atom. The van der Waals surface area contributed by atoms with E-state index >= 15 is 0 Å². The van der Waals surface area contributed by atoms with Crippen LogP contribution in [0, 0.1) is 0 Å². The van der Waals surface area contributed by atoms with Crippen molar-refractivity contribution in [1.29, 1.82) is 0 Å². The standard InChI is InChI=1S/C23H25N5O/c29-23(21-7-4-8-22(27-21)25-19-9-13-24-14-10-19)26-20-11-15-28(16-12-20)17-18-5-2-1-3-6-18/h1-10,13-14,20H,11-12,15-17H2,(H,26,29)(H,24,25,27). The molecular formula is C23H25N5O. The molecule has 1 aromatic carbocycles. The highest BCUT2D eigenvalue weighted by Crippen LogP contribution is 2.16. The number of rotatable bonds is 6. The normalized spacial score (nSPS) is 15.0. The number of nitrogens with zero attached hydrogens (tertiary/aromatic N) is 3. The van der Waals surface area contributed by atoms with Crippen LogP contribution >= 0.6 is 0 Å². The van der Waals surface area contributed by atoms with Crippen LogP contribution in [0.25, 0.3) is 0 Å². The third-order valence-corrected chi connectivity index (χ3v) is 5.11. The van der Waals surface area contributed by atoms with Crippen LogP contribution in [0.3, 0.4) is 0 Å². The van der Waals surface area contributed by atoms with Crippen molar-refractivity contribution in [2.24, 2.45) is 0 Å². The van der Waals surface area contributed by atoms with E-state index in [2.05, 4.69) is 49.8 Å². The highest BCUT2D eigenvalue weighted by Gasteiger charge is 2.21. The first-order valence-electron chi connectivity index (χ1n) is 9.97. The van der Waals surface area contributed by atoms with E-state index in [4.69, 9.17) is 0 Å². The number of pyridine rings is 2. The third kappa shape index (κ3) is 5.39. The average Bonchev–Trinajstić information content (AvgIpc) is 2.77. The molecule has 2 aromatic heterocycles. The van der Waals surface area contributed by atoms with Crippen LogP contribution in [0.4, 0.5) is 11.5 Å². The van der Waals surface area contributed by atoms with Gasteiger partial charge in [0.05, 0.1) is 0 Å². The fraction of sp³-hybridized carbons (Fsp3) is 0.261. The zero-order valence-electron chi connectivity index (χ0n) is 16.3. The number of nitrogens with one attached hydrogen (secondary N) is 2. The molecule has 1 amide bonds. The fourth-order valence-electron chi connectivity index (χ4n) is 3.55. The Hall–Kier alpha value is -3.25. The number of anilines is 2. The SMILES string of the molecule is O=C(NC1CCN(Cc2ccccc2)CC1)c1cccc(Nc2ccncc2)n1. The van der Waals surface area contributed by atoms with Gasteiger partial charge < -0.3 is 10.6 Å². The second kappa shape index (κ2) is 9.30. The first kappa shape index (κ1) is 19.1. The summed E-state index contributed by atoms with van der Waals surface area (Å²) in [7, 11) is 0. The van der Waals surface area contributed by atoms with Gasteiger partial charge in [0.25, 0.3) is 5.91 Å². The van der Waals surface area contributed by atoms with E-state index in [-0.39, 0.29) is 11.9 Å². The molecule has 0 atom stereocenters. The molecule has 1 aliphatic rings. The van der Waals surface area contributed by atoms with Crippen molar-refractivity contribution in [2.45, 2.75) is 25.4 Å². The molecule has 1 aliphatic heterocycles. The van der Waals surface area contributed by atoms with Crippen LogP contribution in [0.2, 0.25) is 0 Å². The molecule has 2 N–H and O–H groups in total. The van der Waals surface area contributed by atoms with Crippen LogP contribution in [0.5, 0.6) is 0 Å². The monoisotopic (exact) mass is 387 g/mol. The quantitative estimate of drug-likeness (QED) is 0.676. The summed E-state index contributed by atoms with van der Waals surface area (Å²) in [6.45, 7) is 2.93. The van der Waals surface area contributed by atoms with E-state index in [1.165, 1.54) is 5.56 Å². The Morgan fingerprint density at radius 2 is 1.72 bits per heavy atom. The van der Waals surface area contributed by atoms with Gasteiger partial charge in [0, 0.05) is 43.8 Å². The first-order chi connectivity index (χ1) is 14.3. The summed E-state index contributed by atoms with van der Waals surface area (Å²) >= 11 is 0. The molecule has 0 aliphatic carbocycles. The lowest BCUT2D eigenvalue weighted by molar-refractivity contribution is 0.0904. The molecule has 29 heavy (non-hydrogen) atoms. The largest absolute Gasteiger partial charge is 0.348 e. The van der Waals surface area contributed by atoms with Crippen molar-refractivity contribution in [3.63, 3.8) is 0 Å². The number of amides is 1. The summed E-state index contributed by atoms with van der Waals surface area (Å²) < 4.78 is 0. The van der Waals surface area contributed by atoms with Gasteiger partial charge in [0.1, 0.15) is 11.5 Å². The molecule has 3 heterocycles. The summed E-state index contributed by atoms with van der Waals surface area (Å²) in [5.41, 5.74) is 2.64. The molecule has 3 aromatic rings. The molecule has 0 spiro atoms. The second-order valence-electron chi connectivity index (χ2n) is 7.28. The van der Waals surface area contributed by atoms with Crippen molar-refractivity contribution in [2.75, 3.05) is 18.4 Å². The van der Waals surface area contributed by atoms with Crippen LogP contribution in [-0.4, -0.2) is 39.9 Å².